The van der Waals surface area contributed by atoms with Crippen molar-refractivity contribution in [2.24, 2.45) is 0 Å². The van der Waals surface area contributed by atoms with Gasteiger partial charge in [-0.2, -0.15) is 0 Å². The van der Waals surface area contributed by atoms with E-state index in [0.717, 1.165) is 0 Å². The Morgan fingerprint density at radius 3 is 2.62 bits per heavy atom. The Morgan fingerprint density at radius 2 is 2.19 bits per heavy atom. The summed E-state index contributed by atoms with van der Waals surface area (Å²) in [4.78, 5) is 21.0. The molecule has 0 aliphatic carbocycles. The van der Waals surface area contributed by atoms with Crippen molar-refractivity contribution in [2.45, 2.75) is 17.1 Å². The van der Waals surface area contributed by atoms with Crippen molar-refractivity contribution in [2.75, 3.05) is 0 Å². The third kappa shape index (κ3) is 2.89. The molecule has 6 heteroatoms. The van der Waals surface area contributed by atoms with Crippen LogP contribution in [0.5, 0.6) is 0 Å². The number of ketones is 1. The van der Waals surface area contributed by atoms with Crippen LogP contribution in [0, 0.1) is 10.1 Å². The molecule has 0 aromatic heterocycles. The molecule has 1 atom stereocenters. The van der Waals surface area contributed by atoms with E-state index in [1.165, 1.54) is 13.0 Å². The average molecular weight is 351 g/mol. The van der Waals surface area contributed by atoms with Gasteiger partial charge in [-0.3, -0.25) is 14.9 Å². The normalized spacial score (nSPS) is 12.2. The zero-order valence-corrected chi connectivity index (χ0v) is 11.6. The molecule has 0 aliphatic heterocycles. The highest BCUT2D eigenvalue weighted by molar-refractivity contribution is 9.09. The summed E-state index contributed by atoms with van der Waals surface area (Å²) >= 11 is 6.38. The van der Waals surface area contributed by atoms with Gasteiger partial charge in [0.2, 0.25) is 0 Å². The molecule has 16 heavy (non-hydrogen) atoms. The van der Waals surface area contributed by atoms with Crippen LogP contribution >= 0.6 is 31.9 Å². The Morgan fingerprint density at radius 1 is 1.56 bits per heavy atom. The maximum absolute atomic E-state index is 11.2. The summed E-state index contributed by atoms with van der Waals surface area (Å²) in [6, 6.07) is 4.79. The van der Waals surface area contributed by atoms with Gasteiger partial charge in [-0.15, -0.1) is 0 Å². The van der Waals surface area contributed by atoms with Gasteiger partial charge < -0.3 is 0 Å². The third-order valence-electron chi connectivity index (χ3n) is 2.10. The van der Waals surface area contributed by atoms with Crippen molar-refractivity contribution in [1.82, 2.24) is 0 Å². The molecule has 0 saturated carbocycles. The molecule has 0 bridgehead atoms. The minimum absolute atomic E-state index is 0.0278. The molecule has 0 aliphatic rings. The van der Waals surface area contributed by atoms with Crippen LogP contribution in [0.1, 0.15) is 22.9 Å². The maximum Gasteiger partial charge on any atom is 0.273 e. The van der Waals surface area contributed by atoms with E-state index in [1.807, 2.05) is 0 Å². The molecule has 1 rings (SSSR count). The Kier molecular flexibility index (Phi) is 4.61. The van der Waals surface area contributed by atoms with E-state index in [1.54, 1.807) is 12.1 Å². The Labute approximate surface area is 109 Å². The molecular weight excluding hydrogens is 342 g/mol. The number of Topliss-reactive ketones (excluding diaryl/α,β-unsaturated/α-hetero) is 1. The van der Waals surface area contributed by atoms with Crippen LogP contribution in [-0.4, -0.2) is 10.7 Å². The lowest BCUT2D eigenvalue weighted by Crippen LogP contribution is -2.03. The minimum Gasteiger partial charge on any atom is -0.298 e. The highest BCUT2D eigenvalue weighted by Crippen LogP contribution is 2.30. The van der Waals surface area contributed by atoms with Crippen LogP contribution in [0.25, 0.3) is 0 Å². The summed E-state index contributed by atoms with van der Waals surface area (Å²) in [5.41, 5.74) is 1.22. The van der Waals surface area contributed by atoms with E-state index in [-0.39, 0.29) is 11.5 Å². The lowest BCUT2D eigenvalue weighted by atomic mass is 10.1. The number of hydrogen-bond donors (Lipinski definition) is 0. The van der Waals surface area contributed by atoms with Crippen molar-refractivity contribution in [1.29, 1.82) is 0 Å². The lowest BCUT2D eigenvalue weighted by molar-refractivity contribution is -0.385. The smallest absolute Gasteiger partial charge is 0.273 e. The van der Waals surface area contributed by atoms with Gasteiger partial charge in [-0.05, 0) is 12.5 Å². The quantitative estimate of drug-likeness (QED) is 0.474. The second-order valence-corrected chi connectivity index (χ2v) is 4.73. The fraction of sp³-hybridized carbons (Fsp3) is 0.300. The fourth-order valence-corrected chi connectivity index (χ4v) is 2.02. The average Bonchev–Trinajstić information content (AvgIpc) is 2.26. The minimum atomic E-state index is -0.490. The van der Waals surface area contributed by atoms with Gasteiger partial charge in [-0.1, -0.05) is 44.0 Å². The lowest BCUT2D eigenvalue weighted by Gasteiger charge is -2.07. The van der Waals surface area contributed by atoms with Crippen molar-refractivity contribution in [3.8, 4) is 0 Å². The molecule has 1 aromatic rings. The van der Waals surface area contributed by atoms with Crippen molar-refractivity contribution < 1.29 is 9.72 Å². The van der Waals surface area contributed by atoms with Crippen LogP contribution in [0.2, 0.25) is 0 Å². The van der Waals surface area contributed by atoms with E-state index >= 15 is 0 Å². The fourth-order valence-electron chi connectivity index (χ4n) is 1.26. The van der Waals surface area contributed by atoms with Crippen molar-refractivity contribution in [3.63, 3.8) is 0 Å². The number of alkyl halides is 2. The largest absolute Gasteiger partial charge is 0.298 e. The van der Waals surface area contributed by atoms with Gasteiger partial charge in [0.25, 0.3) is 5.69 Å². The second-order valence-electron chi connectivity index (χ2n) is 3.25. The van der Waals surface area contributed by atoms with Crippen molar-refractivity contribution >= 4 is 43.3 Å². The predicted molar refractivity (Wildman–Crippen MR) is 68.1 cm³/mol. The van der Waals surface area contributed by atoms with Gasteiger partial charge in [0.1, 0.15) is 5.78 Å². The zero-order valence-electron chi connectivity index (χ0n) is 8.44. The van der Waals surface area contributed by atoms with Crippen LogP contribution in [0.3, 0.4) is 0 Å². The van der Waals surface area contributed by atoms with Gasteiger partial charge in [0.15, 0.2) is 0 Å². The van der Waals surface area contributed by atoms with E-state index in [0.29, 0.717) is 16.5 Å². The number of halogens is 2. The first-order valence-electron chi connectivity index (χ1n) is 4.45. The first-order chi connectivity index (χ1) is 7.47. The molecule has 4 nitrogen and oxygen atoms in total. The molecule has 0 radical (unpaired) electrons. The van der Waals surface area contributed by atoms with Gasteiger partial charge in [0.05, 0.1) is 9.75 Å². The molecule has 0 saturated heterocycles. The summed E-state index contributed by atoms with van der Waals surface area (Å²) in [7, 11) is 0. The van der Waals surface area contributed by atoms with E-state index in [9.17, 15) is 14.9 Å². The monoisotopic (exact) mass is 349 g/mol. The number of hydrogen-bond acceptors (Lipinski definition) is 3. The van der Waals surface area contributed by atoms with Crippen LogP contribution in [0.4, 0.5) is 5.69 Å². The van der Waals surface area contributed by atoms with Crippen molar-refractivity contribution in [3.05, 3.63) is 39.4 Å². The first kappa shape index (κ1) is 13.3. The standard InChI is InChI=1S/C10H9Br2NO3/c1-6(14)10(12)7-2-3-8(5-11)9(4-7)13(15)16/h2-4,10H,5H2,1H3. The molecule has 1 aromatic carbocycles. The van der Waals surface area contributed by atoms with Crippen LogP contribution in [-0.2, 0) is 10.1 Å². The topological polar surface area (TPSA) is 60.2 Å². The molecule has 86 valence electrons. The highest BCUT2D eigenvalue weighted by Gasteiger charge is 2.19. The predicted octanol–water partition coefficient (Wildman–Crippen LogP) is 3.51. The molecule has 0 spiro atoms. The molecule has 1 unspecified atom stereocenters. The number of nitrogens with zero attached hydrogens (tertiary/aromatic N) is 1. The highest BCUT2D eigenvalue weighted by atomic mass is 79.9. The summed E-state index contributed by atoms with van der Waals surface area (Å²) < 4.78 is 0. The molecule has 0 amide bonds. The summed E-state index contributed by atoms with van der Waals surface area (Å²) in [6.07, 6.45) is 0. The number of rotatable bonds is 4. The Hall–Kier alpha value is -0.750. The Balaban J connectivity index is 3.21. The summed E-state index contributed by atoms with van der Waals surface area (Å²) in [6.45, 7) is 1.43. The number of carbonyl (C=O) groups is 1. The van der Waals surface area contributed by atoms with E-state index in [4.69, 9.17) is 0 Å². The third-order valence-corrected chi connectivity index (χ3v) is 3.88. The van der Waals surface area contributed by atoms with Gasteiger partial charge >= 0.3 is 0 Å². The molecule has 0 heterocycles. The summed E-state index contributed by atoms with van der Waals surface area (Å²) in [5.74, 6) is -0.0825. The second kappa shape index (κ2) is 5.54. The van der Waals surface area contributed by atoms with Gasteiger partial charge in [0, 0.05) is 17.0 Å². The number of nitro benzene ring substituents is 1. The number of carbonyl (C=O) groups excluding carboxylic acids is 1. The SMILES string of the molecule is CC(=O)C(Br)c1ccc(CBr)c([N+](=O)[O-])c1. The zero-order chi connectivity index (χ0) is 12.3. The number of benzene rings is 1. The Bertz CT molecular complexity index is 434. The first-order valence-corrected chi connectivity index (χ1v) is 6.48. The van der Waals surface area contributed by atoms with E-state index in [2.05, 4.69) is 31.9 Å². The molecule has 0 fully saturated rings. The number of nitro groups is 1. The molecule has 0 N–H and O–H groups in total. The summed E-state index contributed by atoms with van der Waals surface area (Å²) in [5, 5.41) is 11.2. The van der Waals surface area contributed by atoms with Gasteiger partial charge in [-0.25, -0.2) is 0 Å². The molecular formula is C10H9Br2NO3. The maximum atomic E-state index is 11.2. The van der Waals surface area contributed by atoms with E-state index < -0.39 is 9.75 Å². The van der Waals surface area contributed by atoms with Crippen LogP contribution in [0.15, 0.2) is 18.2 Å². The van der Waals surface area contributed by atoms with Crippen LogP contribution < -0.4 is 0 Å².